The normalized spacial score (nSPS) is 11.4. The molecule has 1 aromatic rings. The first-order valence-electron chi connectivity index (χ1n) is 6.15. The van der Waals surface area contributed by atoms with Gasteiger partial charge in [-0.3, -0.25) is 0 Å². The van der Waals surface area contributed by atoms with Crippen molar-refractivity contribution in [2.75, 3.05) is 26.1 Å². The molecule has 21 heavy (non-hydrogen) atoms. The Bertz CT molecular complexity index is 505. The molecular formula is C13H18N2O6. The zero-order chi connectivity index (χ0) is 15.8. The van der Waals surface area contributed by atoms with Gasteiger partial charge in [0.2, 0.25) is 0 Å². The highest BCUT2D eigenvalue weighted by atomic mass is 16.5. The van der Waals surface area contributed by atoms with Crippen LogP contribution < -0.4 is 20.1 Å². The minimum absolute atomic E-state index is 0.0747. The number of amides is 2. The summed E-state index contributed by atoms with van der Waals surface area (Å²) in [5.74, 6) is -0.279. The molecule has 8 heteroatoms. The predicted molar refractivity (Wildman–Crippen MR) is 74.8 cm³/mol. The Balaban J connectivity index is 2.72. The van der Waals surface area contributed by atoms with Gasteiger partial charge in [-0.15, -0.1) is 0 Å². The lowest BCUT2D eigenvalue weighted by Gasteiger charge is -2.15. The summed E-state index contributed by atoms with van der Waals surface area (Å²) in [6.07, 6.45) is -0.0747. The molecule has 1 rings (SSSR count). The van der Waals surface area contributed by atoms with Crippen LogP contribution in [0.1, 0.15) is 6.42 Å². The van der Waals surface area contributed by atoms with E-state index in [0.29, 0.717) is 17.2 Å². The van der Waals surface area contributed by atoms with E-state index >= 15 is 0 Å². The van der Waals surface area contributed by atoms with Crippen LogP contribution in [0.25, 0.3) is 0 Å². The standard InChI is InChI=1S/C13H18N2O6/c1-20-10-4-3-8(7-11(10)21-2)14-13(19)15-9(5-6-16)12(17)18/h3-4,7,9,16H,5-6H2,1-2H3,(H,17,18)(H2,14,15,19)/t9-/m1/s1. The van der Waals surface area contributed by atoms with Crippen molar-refractivity contribution in [3.63, 3.8) is 0 Å². The third-order valence-electron chi connectivity index (χ3n) is 2.66. The highest BCUT2D eigenvalue weighted by Crippen LogP contribution is 2.29. The van der Waals surface area contributed by atoms with E-state index < -0.39 is 18.0 Å². The molecule has 2 amide bonds. The van der Waals surface area contributed by atoms with Gasteiger partial charge >= 0.3 is 12.0 Å². The maximum absolute atomic E-state index is 11.7. The molecule has 0 aromatic heterocycles. The molecule has 0 fully saturated rings. The summed E-state index contributed by atoms with van der Waals surface area (Å²) in [5.41, 5.74) is 0.415. The Kier molecular flexibility index (Phi) is 6.28. The Labute approximate surface area is 121 Å². The fraction of sp³-hybridized carbons (Fsp3) is 0.385. The number of hydrogen-bond acceptors (Lipinski definition) is 5. The number of carbonyl (C=O) groups excluding carboxylic acids is 1. The van der Waals surface area contributed by atoms with Gasteiger partial charge in [0, 0.05) is 24.8 Å². The van der Waals surface area contributed by atoms with Gasteiger partial charge < -0.3 is 30.3 Å². The Morgan fingerprint density at radius 3 is 2.43 bits per heavy atom. The molecule has 4 N–H and O–H groups in total. The molecule has 0 saturated heterocycles. The molecular weight excluding hydrogens is 280 g/mol. The minimum Gasteiger partial charge on any atom is -0.493 e. The zero-order valence-corrected chi connectivity index (χ0v) is 11.8. The van der Waals surface area contributed by atoms with Crippen LogP contribution in [0.4, 0.5) is 10.5 Å². The molecule has 8 nitrogen and oxygen atoms in total. The SMILES string of the molecule is COc1ccc(NC(=O)N[C@H](CCO)C(=O)O)cc1OC. The number of methoxy groups -OCH3 is 2. The number of nitrogens with one attached hydrogen (secondary N) is 2. The maximum atomic E-state index is 11.7. The fourth-order valence-corrected chi connectivity index (χ4v) is 1.63. The summed E-state index contributed by atoms with van der Waals surface area (Å²) < 4.78 is 10.2. The molecule has 0 unspecified atom stereocenters. The van der Waals surface area contributed by atoms with Crippen molar-refractivity contribution in [2.45, 2.75) is 12.5 Å². The second kappa shape index (κ2) is 7.95. The number of rotatable bonds is 7. The number of carboxylic acid groups (broad SMARTS) is 1. The molecule has 0 aliphatic rings. The third kappa shape index (κ3) is 4.84. The molecule has 0 bridgehead atoms. The summed E-state index contributed by atoms with van der Waals surface area (Å²) in [6, 6.07) is 2.89. The van der Waals surface area contributed by atoms with Crippen LogP contribution in [-0.2, 0) is 4.79 Å². The first kappa shape index (κ1) is 16.6. The molecule has 0 saturated carbocycles. The van der Waals surface area contributed by atoms with E-state index in [0.717, 1.165) is 0 Å². The minimum atomic E-state index is -1.22. The average Bonchev–Trinajstić information content (AvgIpc) is 2.46. The van der Waals surface area contributed by atoms with Gasteiger partial charge in [-0.25, -0.2) is 9.59 Å². The monoisotopic (exact) mass is 298 g/mol. The summed E-state index contributed by atoms with van der Waals surface area (Å²) in [4.78, 5) is 22.6. The number of benzene rings is 1. The van der Waals surface area contributed by atoms with Gasteiger partial charge in [-0.05, 0) is 12.1 Å². The van der Waals surface area contributed by atoms with Crippen LogP contribution in [0.3, 0.4) is 0 Å². The Morgan fingerprint density at radius 2 is 1.90 bits per heavy atom. The summed E-state index contributed by atoms with van der Waals surface area (Å²) in [6.45, 7) is -0.340. The van der Waals surface area contributed by atoms with Crippen LogP contribution in [0.5, 0.6) is 11.5 Å². The number of ether oxygens (including phenoxy) is 2. The van der Waals surface area contributed by atoms with E-state index in [1.807, 2.05) is 0 Å². The quantitative estimate of drug-likeness (QED) is 0.587. The largest absolute Gasteiger partial charge is 0.493 e. The van der Waals surface area contributed by atoms with Crippen molar-refractivity contribution < 1.29 is 29.3 Å². The van der Waals surface area contributed by atoms with Gasteiger partial charge in [-0.1, -0.05) is 0 Å². The number of carbonyl (C=O) groups is 2. The van der Waals surface area contributed by atoms with Crippen molar-refractivity contribution in [3.05, 3.63) is 18.2 Å². The number of carboxylic acids is 1. The number of aliphatic carboxylic acids is 1. The molecule has 0 spiro atoms. The number of hydrogen-bond donors (Lipinski definition) is 4. The zero-order valence-electron chi connectivity index (χ0n) is 11.8. The lowest BCUT2D eigenvalue weighted by molar-refractivity contribution is -0.139. The molecule has 1 atom stereocenters. The topological polar surface area (TPSA) is 117 Å². The molecule has 116 valence electrons. The summed E-state index contributed by atoms with van der Waals surface area (Å²) in [7, 11) is 2.95. The van der Waals surface area contributed by atoms with Crippen molar-refractivity contribution in [3.8, 4) is 11.5 Å². The second-order valence-corrected chi connectivity index (χ2v) is 4.07. The van der Waals surface area contributed by atoms with E-state index in [9.17, 15) is 9.59 Å². The van der Waals surface area contributed by atoms with Crippen LogP contribution in [0.15, 0.2) is 18.2 Å². The van der Waals surface area contributed by atoms with Gasteiger partial charge in [0.25, 0.3) is 0 Å². The van der Waals surface area contributed by atoms with Crippen molar-refractivity contribution in [2.24, 2.45) is 0 Å². The lowest BCUT2D eigenvalue weighted by atomic mass is 10.2. The van der Waals surface area contributed by atoms with E-state index in [4.69, 9.17) is 19.7 Å². The van der Waals surface area contributed by atoms with Gasteiger partial charge in [0.1, 0.15) is 6.04 Å². The van der Waals surface area contributed by atoms with Crippen LogP contribution in [0.2, 0.25) is 0 Å². The second-order valence-electron chi connectivity index (χ2n) is 4.07. The van der Waals surface area contributed by atoms with Crippen molar-refractivity contribution in [1.29, 1.82) is 0 Å². The van der Waals surface area contributed by atoms with Crippen molar-refractivity contribution >= 4 is 17.7 Å². The molecule has 0 aliphatic carbocycles. The van der Waals surface area contributed by atoms with Crippen LogP contribution >= 0.6 is 0 Å². The smallest absolute Gasteiger partial charge is 0.326 e. The van der Waals surface area contributed by atoms with Gasteiger partial charge in [0.05, 0.1) is 14.2 Å². The highest BCUT2D eigenvalue weighted by molar-refractivity contribution is 5.92. The predicted octanol–water partition coefficient (Wildman–Crippen LogP) is 0.661. The fourth-order valence-electron chi connectivity index (χ4n) is 1.63. The van der Waals surface area contributed by atoms with Crippen molar-refractivity contribution in [1.82, 2.24) is 5.32 Å². The van der Waals surface area contributed by atoms with Gasteiger partial charge in [-0.2, -0.15) is 0 Å². The number of aliphatic hydroxyl groups is 1. The Morgan fingerprint density at radius 1 is 1.24 bits per heavy atom. The lowest BCUT2D eigenvalue weighted by Crippen LogP contribution is -2.43. The molecule has 1 aromatic carbocycles. The number of urea groups is 1. The number of aliphatic hydroxyl groups excluding tert-OH is 1. The van der Waals surface area contributed by atoms with E-state index in [2.05, 4.69) is 10.6 Å². The van der Waals surface area contributed by atoms with Crippen LogP contribution in [-0.4, -0.2) is 49.1 Å². The average molecular weight is 298 g/mol. The van der Waals surface area contributed by atoms with E-state index in [1.54, 1.807) is 18.2 Å². The number of anilines is 1. The molecule has 0 radical (unpaired) electrons. The van der Waals surface area contributed by atoms with Gasteiger partial charge in [0.15, 0.2) is 11.5 Å². The summed E-state index contributed by atoms with van der Waals surface area (Å²) in [5, 5.41) is 22.4. The first-order valence-corrected chi connectivity index (χ1v) is 6.15. The third-order valence-corrected chi connectivity index (χ3v) is 2.66. The summed E-state index contributed by atoms with van der Waals surface area (Å²) >= 11 is 0. The van der Waals surface area contributed by atoms with E-state index in [-0.39, 0.29) is 13.0 Å². The first-order chi connectivity index (χ1) is 10.0. The Hall–Kier alpha value is -2.48. The molecule has 0 aliphatic heterocycles. The molecule has 0 heterocycles. The maximum Gasteiger partial charge on any atom is 0.326 e. The van der Waals surface area contributed by atoms with E-state index in [1.165, 1.54) is 14.2 Å². The van der Waals surface area contributed by atoms with Crippen LogP contribution in [0, 0.1) is 0 Å². The highest BCUT2D eigenvalue weighted by Gasteiger charge is 2.19.